The number of carbonyl (C=O) groups excluding carboxylic acids is 1. The molecule has 0 aliphatic carbocycles. The van der Waals surface area contributed by atoms with Gasteiger partial charge < -0.3 is 14.7 Å². The van der Waals surface area contributed by atoms with E-state index in [9.17, 15) is 9.90 Å². The van der Waals surface area contributed by atoms with Crippen LogP contribution in [0.3, 0.4) is 0 Å². The third-order valence-corrected chi connectivity index (χ3v) is 2.77. The lowest BCUT2D eigenvalue weighted by Gasteiger charge is -2.31. The van der Waals surface area contributed by atoms with Gasteiger partial charge in [0.2, 0.25) is 0 Å². The quantitative estimate of drug-likeness (QED) is 0.895. The Morgan fingerprint density at radius 3 is 2.22 bits per heavy atom. The Bertz CT molecular complexity index is 419. The minimum absolute atomic E-state index is 0.0368. The first kappa shape index (κ1) is 14.4. The van der Waals surface area contributed by atoms with Crippen LogP contribution in [0, 0.1) is 0 Å². The molecule has 0 heterocycles. The Kier molecular flexibility index (Phi) is 4.59. The predicted molar refractivity (Wildman–Crippen MR) is 71.1 cm³/mol. The SMILES string of the molecule is COc1cc(C(=O)N(C(C)C)C(C)C)ccc1O. The van der Waals surface area contributed by atoms with Gasteiger partial charge in [-0.25, -0.2) is 0 Å². The molecule has 1 aromatic rings. The number of amides is 1. The molecule has 0 unspecified atom stereocenters. The van der Waals surface area contributed by atoms with E-state index in [1.165, 1.54) is 13.2 Å². The highest BCUT2D eigenvalue weighted by Crippen LogP contribution is 2.27. The number of aromatic hydroxyl groups is 1. The monoisotopic (exact) mass is 251 g/mol. The van der Waals surface area contributed by atoms with Crippen LogP contribution >= 0.6 is 0 Å². The lowest BCUT2D eigenvalue weighted by Crippen LogP contribution is -2.42. The molecule has 0 saturated carbocycles. The van der Waals surface area contributed by atoms with E-state index in [-0.39, 0.29) is 23.7 Å². The third-order valence-electron chi connectivity index (χ3n) is 2.77. The predicted octanol–water partition coefficient (Wildman–Crippen LogP) is 2.66. The van der Waals surface area contributed by atoms with Gasteiger partial charge >= 0.3 is 0 Å². The lowest BCUT2D eigenvalue weighted by atomic mass is 10.1. The minimum atomic E-state index is -0.0571. The topological polar surface area (TPSA) is 49.8 Å². The summed E-state index contributed by atoms with van der Waals surface area (Å²) in [7, 11) is 1.46. The first-order valence-electron chi connectivity index (χ1n) is 6.08. The van der Waals surface area contributed by atoms with Crippen molar-refractivity contribution in [1.82, 2.24) is 4.90 Å². The number of rotatable bonds is 4. The number of methoxy groups -OCH3 is 1. The van der Waals surface area contributed by atoms with E-state index in [1.807, 2.05) is 27.7 Å². The number of phenols is 1. The zero-order valence-electron chi connectivity index (χ0n) is 11.6. The average molecular weight is 251 g/mol. The second-order valence-electron chi connectivity index (χ2n) is 4.79. The van der Waals surface area contributed by atoms with E-state index >= 15 is 0 Å². The number of phenolic OH excluding ortho intramolecular Hbond substituents is 1. The standard InChI is InChI=1S/C14H21NO3/c1-9(2)15(10(3)4)14(17)11-6-7-12(16)13(8-11)18-5/h6-10,16H,1-5H3. The summed E-state index contributed by atoms with van der Waals surface area (Å²) in [6.45, 7) is 7.93. The molecule has 0 aliphatic heterocycles. The smallest absolute Gasteiger partial charge is 0.254 e. The molecule has 0 aliphatic rings. The van der Waals surface area contributed by atoms with E-state index in [1.54, 1.807) is 17.0 Å². The summed E-state index contributed by atoms with van der Waals surface area (Å²) in [6.07, 6.45) is 0. The molecular weight excluding hydrogens is 230 g/mol. The van der Waals surface area contributed by atoms with Gasteiger partial charge in [-0.3, -0.25) is 4.79 Å². The molecule has 0 fully saturated rings. The van der Waals surface area contributed by atoms with Crippen molar-refractivity contribution in [2.24, 2.45) is 0 Å². The summed E-state index contributed by atoms with van der Waals surface area (Å²) >= 11 is 0. The van der Waals surface area contributed by atoms with Crippen molar-refractivity contribution < 1.29 is 14.6 Å². The molecule has 1 amide bonds. The molecule has 4 heteroatoms. The van der Waals surface area contributed by atoms with Gasteiger partial charge in [0.25, 0.3) is 5.91 Å². The summed E-state index contributed by atoms with van der Waals surface area (Å²) in [5, 5.41) is 9.52. The largest absolute Gasteiger partial charge is 0.504 e. The van der Waals surface area contributed by atoms with Crippen LogP contribution in [-0.2, 0) is 0 Å². The number of hydrogen-bond donors (Lipinski definition) is 1. The van der Waals surface area contributed by atoms with Crippen LogP contribution in [0.4, 0.5) is 0 Å². The summed E-state index contributed by atoms with van der Waals surface area (Å²) < 4.78 is 5.02. The van der Waals surface area contributed by atoms with Gasteiger partial charge in [0.15, 0.2) is 11.5 Å². The summed E-state index contributed by atoms with van der Waals surface area (Å²) in [4.78, 5) is 14.2. The number of benzene rings is 1. The molecule has 0 spiro atoms. The van der Waals surface area contributed by atoms with Gasteiger partial charge in [0.05, 0.1) is 7.11 Å². The fourth-order valence-electron chi connectivity index (χ4n) is 2.03. The molecule has 0 atom stereocenters. The molecule has 100 valence electrons. The maximum atomic E-state index is 12.4. The molecule has 4 nitrogen and oxygen atoms in total. The first-order chi connectivity index (χ1) is 8.38. The zero-order chi connectivity index (χ0) is 13.9. The summed E-state index contributed by atoms with van der Waals surface area (Å²) in [6, 6.07) is 4.90. The fourth-order valence-corrected chi connectivity index (χ4v) is 2.03. The van der Waals surface area contributed by atoms with Crippen molar-refractivity contribution in [2.75, 3.05) is 7.11 Å². The molecule has 0 saturated heterocycles. The number of carbonyl (C=O) groups is 1. The highest BCUT2D eigenvalue weighted by Gasteiger charge is 2.22. The van der Waals surface area contributed by atoms with Crippen LogP contribution in [0.15, 0.2) is 18.2 Å². The second kappa shape index (κ2) is 5.76. The van der Waals surface area contributed by atoms with E-state index in [4.69, 9.17) is 4.74 Å². The number of hydrogen-bond acceptors (Lipinski definition) is 3. The Hall–Kier alpha value is -1.71. The minimum Gasteiger partial charge on any atom is -0.504 e. The molecule has 1 N–H and O–H groups in total. The van der Waals surface area contributed by atoms with Crippen molar-refractivity contribution >= 4 is 5.91 Å². The van der Waals surface area contributed by atoms with Crippen molar-refractivity contribution in [3.8, 4) is 11.5 Å². The van der Waals surface area contributed by atoms with Crippen LogP contribution in [0.2, 0.25) is 0 Å². The van der Waals surface area contributed by atoms with Crippen molar-refractivity contribution in [3.63, 3.8) is 0 Å². The fraction of sp³-hybridized carbons (Fsp3) is 0.500. The van der Waals surface area contributed by atoms with Crippen LogP contribution < -0.4 is 4.74 Å². The van der Waals surface area contributed by atoms with E-state index in [2.05, 4.69) is 0 Å². The Labute approximate surface area is 108 Å². The van der Waals surface area contributed by atoms with Crippen molar-refractivity contribution in [2.45, 2.75) is 39.8 Å². The number of ether oxygens (including phenoxy) is 1. The van der Waals surface area contributed by atoms with Gasteiger partial charge in [-0.2, -0.15) is 0 Å². The highest BCUT2D eigenvalue weighted by molar-refractivity contribution is 5.95. The van der Waals surface area contributed by atoms with Crippen molar-refractivity contribution in [3.05, 3.63) is 23.8 Å². The first-order valence-corrected chi connectivity index (χ1v) is 6.08. The third kappa shape index (κ3) is 2.94. The van der Waals surface area contributed by atoms with Gasteiger partial charge in [-0.15, -0.1) is 0 Å². The van der Waals surface area contributed by atoms with E-state index < -0.39 is 0 Å². The van der Waals surface area contributed by atoms with Crippen LogP contribution in [0.25, 0.3) is 0 Å². The Balaban J connectivity index is 3.09. The maximum absolute atomic E-state index is 12.4. The molecule has 1 aromatic carbocycles. The lowest BCUT2D eigenvalue weighted by molar-refractivity contribution is 0.0643. The molecular formula is C14H21NO3. The molecule has 0 radical (unpaired) electrons. The van der Waals surface area contributed by atoms with Crippen LogP contribution in [0.1, 0.15) is 38.1 Å². The van der Waals surface area contributed by atoms with Gasteiger partial charge in [0.1, 0.15) is 0 Å². The van der Waals surface area contributed by atoms with Gasteiger partial charge in [-0.05, 0) is 45.9 Å². The van der Waals surface area contributed by atoms with Gasteiger partial charge in [-0.1, -0.05) is 0 Å². The molecule has 1 rings (SSSR count). The number of nitrogens with zero attached hydrogens (tertiary/aromatic N) is 1. The van der Waals surface area contributed by atoms with Crippen LogP contribution in [0.5, 0.6) is 11.5 Å². The molecule has 0 aromatic heterocycles. The van der Waals surface area contributed by atoms with Gasteiger partial charge in [0, 0.05) is 17.6 Å². The summed E-state index contributed by atoms with van der Waals surface area (Å²) in [5.74, 6) is 0.293. The van der Waals surface area contributed by atoms with Crippen LogP contribution in [-0.4, -0.2) is 35.1 Å². The second-order valence-corrected chi connectivity index (χ2v) is 4.79. The van der Waals surface area contributed by atoms with Crippen molar-refractivity contribution in [1.29, 1.82) is 0 Å². The normalized spacial score (nSPS) is 10.8. The van der Waals surface area contributed by atoms with E-state index in [0.717, 1.165) is 0 Å². The zero-order valence-corrected chi connectivity index (χ0v) is 11.6. The van der Waals surface area contributed by atoms with E-state index in [0.29, 0.717) is 11.3 Å². The molecule has 18 heavy (non-hydrogen) atoms. The molecule has 0 bridgehead atoms. The average Bonchev–Trinajstić information content (AvgIpc) is 2.28. The maximum Gasteiger partial charge on any atom is 0.254 e. The highest BCUT2D eigenvalue weighted by atomic mass is 16.5. The summed E-state index contributed by atoms with van der Waals surface area (Å²) in [5.41, 5.74) is 0.520. The Morgan fingerprint density at radius 1 is 1.22 bits per heavy atom. The Morgan fingerprint density at radius 2 is 1.78 bits per heavy atom.